The van der Waals surface area contributed by atoms with Crippen LogP contribution < -0.4 is 20.1 Å². The summed E-state index contributed by atoms with van der Waals surface area (Å²) < 4.78 is 26.0. The van der Waals surface area contributed by atoms with Gasteiger partial charge in [0.05, 0.1) is 30.6 Å². The predicted molar refractivity (Wildman–Crippen MR) is 135 cm³/mol. The first-order valence-corrected chi connectivity index (χ1v) is 13.3. The molecule has 204 valence electrons. The highest BCUT2D eigenvalue weighted by Gasteiger charge is 2.51. The van der Waals surface area contributed by atoms with Gasteiger partial charge in [-0.05, 0) is 68.3 Å². The lowest BCUT2D eigenvalue weighted by Gasteiger charge is -2.32. The molecule has 0 aromatic heterocycles. The molecule has 0 spiro atoms. The van der Waals surface area contributed by atoms with Gasteiger partial charge in [-0.25, -0.2) is 4.39 Å². The fraction of sp³-hybridized carbons (Fsp3) is 0.679. The van der Waals surface area contributed by atoms with Crippen LogP contribution in [0, 0.1) is 34.9 Å². The molecule has 0 unspecified atom stereocenters. The number of nitrogens with one attached hydrogen (secondary N) is 2. The maximum Gasteiger partial charge on any atom is 0.306 e. The summed E-state index contributed by atoms with van der Waals surface area (Å²) in [5.41, 5.74) is 0.103. The summed E-state index contributed by atoms with van der Waals surface area (Å²) in [6.07, 6.45) is 4.46. The lowest BCUT2D eigenvalue weighted by molar-refractivity contribution is -0.143. The van der Waals surface area contributed by atoms with Crippen LogP contribution in [-0.4, -0.2) is 48.7 Å². The molecule has 3 saturated carbocycles. The molecule has 3 aliphatic carbocycles. The van der Waals surface area contributed by atoms with Gasteiger partial charge in [-0.1, -0.05) is 20.8 Å². The molecule has 2 bridgehead atoms. The second-order valence-corrected chi connectivity index (χ2v) is 12.0. The standard InChI is InChI=1S/C28H39FN2O6/c1-28(2,3)14-30-26(33)23-16-5-6-17(11-16)24(23)31-25(32)19-12-22(20(29)13-21(19)36-4)37-18-9-7-15(8-10-18)27(34)35/h12-13,15-18,23-24H,5-11,14H2,1-4H3,(H,30,33)(H,31,32)(H,34,35)/t15?,16-,17+,18?,23+,24-/m1/s1. The average molecular weight is 519 g/mol. The van der Waals surface area contributed by atoms with E-state index in [0.29, 0.717) is 32.2 Å². The van der Waals surface area contributed by atoms with E-state index in [-0.39, 0.29) is 58.3 Å². The van der Waals surface area contributed by atoms with Crippen molar-refractivity contribution in [3.8, 4) is 11.5 Å². The average Bonchev–Trinajstić information content (AvgIpc) is 3.45. The van der Waals surface area contributed by atoms with Crippen molar-refractivity contribution in [3.63, 3.8) is 0 Å². The van der Waals surface area contributed by atoms with E-state index in [1.165, 1.54) is 13.2 Å². The largest absolute Gasteiger partial charge is 0.496 e. The third kappa shape index (κ3) is 6.18. The van der Waals surface area contributed by atoms with E-state index in [1.54, 1.807) is 0 Å². The monoisotopic (exact) mass is 518 g/mol. The normalized spacial score (nSPS) is 29.0. The van der Waals surface area contributed by atoms with E-state index in [9.17, 15) is 23.9 Å². The Kier molecular flexibility index (Phi) is 7.99. The number of hydrogen-bond acceptors (Lipinski definition) is 5. The van der Waals surface area contributed by atoms with Gasteiger partial charge in [0.1, 0.15) is 5.75 Å². The molecule has 0 heterocycles. The Morgan fingerprint density at radius 2 is 1.70 bits per heavy atom. The molecule has 3 N–H and O–H groups in total. The molecule has 9 heteroatoms. The van der Waals surface area contributed by atoms with Crippen LogP contribution >= 0.6 is 0 Å². The Labute approximate surface area is 217 Å². The van der Waals surface area contributed by atoms with Gasteiger partial charge in [0.2, 0.25) is 5.91 Å². The summed E-state index contributed by atoms with van der Waals surface area (Å²) in [5, 5.41) is 15.3. The molecule has 37 heavy (non-hydrogen) atoms. The second-order valence-electron chi connectivity index (χ2n) is 12.0. The Balaban J connectivity index is 1.48. The van der Waals surface area contributed by atoms with E-state index < -0.39 is 23.6 Å². The Morgan fingerprint density at radius 1 is 1.03 bits per heavy atom. The van der Waals surface area contributed by atoms with Gasteiger partial charge in [-0.15, -0.1) is 0 Å². The molecule has 0 radical (unpaired) electrons. The number of carbonyl (C=O) groups is 3. The molecule has 3 aliphatic rings. The number of carboxylic acids is 1. The maximum absolute atomic E-state index is 14.8. The van der Waals surface area contributed by atoms with Gasteiger partial charge >= 0.3 is 5.97 Å². The molecule has 0 aliphatic heterocycles. The Hall–Kier alpha value is -2.84. The number of carboxylic acid groups (broad SMARTS) is 1. The maximum atomic E-state index is 14.8. The minimum atomic E-state index is -0.820. The van der Waals surface area contributed by atoms with Gasteiger partial charge < -0.3 is 25.2 Å². The number of amides is 2. The van der Waals surface area contributed by atoms with Crippen molar-refractivity contribution in [2.45, 2.75) is 77.9 Å². The van der Waals surface area contributed by atoms with Crippen LogP contribution in [0.1, 0.15) is 76.1 Å². The molecule has 8 nitrogen and oxygen atoms in total. The topological polar surface area (TPSA) is 114 Å². The van der Waals surface area contributed by atoms with Gasteiger partial charge in [-0.2, -0.15) is 0 Å². The number of fused-ring (bicyclic) bond motifs is 2. The molecule has 1 aromatic carbocycles. The van der Waals surface area contributed by atoms with Crippen molar-refractivity contribution >= 4 is 17.8 Å². The van der Waals surface area contributed by atoms with E-state index in [2.05, 4.69) is 31.4 Å². The summed E-state index contributed by atoms with van der Waals surface area (Å²) >= 11 is 0. The van der Waals surface area contributed by atoms with Crippen LogP contribution in [0.5, 0.6) is 11.5 Å². The first kappa shape index (κ1) is 27.2. The third-order valence-corrected chi connectivity index (χ3v) is 8.13. The fourth-order valence-electron chi connectivity index (χ4n) is 6.15. The van der Waals surface area contributed by atoms with Crippen molar-refractivity contribution in [1.29, 1.82) is 0 Å². The molecule has 0 saturated heterocycles. The molecule has 3 fully saturated rings. The first-order valence-electron chi connectivity index (χ1n) is 13.3. The lowest BCUT2D eigenvalue weighted by Crippen LogP contribution is -2.50. The van der Waals surface area contributed by atoms with Gasteiger partial charge in [-0.3, -0.25) is 14.4 Å². The van der Waals surface area contributed by atoms with Gasteiger partial charge in [0.15, 0.2) is 11.6 Å². The van der Waals surface area contributed by atoms with E-state index >= 15 is 0 Å². The smallest absolute Gasteiger partial charge is 0.306 e. The highest BCUT2D eigenvalue weighted by atomic mass is 19.1. The van der Waals surface area contributed by atoms with E-state index in [1.807, 2.05) is 0 Å². The Morgan fingerprint density at radius 3 is 2.32 bits per heavy atom. The Bertz CT molecular complexity index is 1030. The number of benzene rings is 1. The third-order valence-electron chi connectivity index (χ3n) is 8.13. The zero-order chi connectivity index (χ0) is 26.9. The first-order chi connectivity index (χ1) is 17.5. The van der Waals surface area contributed by atoms with Crippen molar-refractivity contribution in [2.75, 3.05) is 13.7 Å². The summed E-state index contributed by atoms with van der Waals surface area (Å²) in [5.74, 6) is -2.12. The molecule has 4 atom stereocenters. The number of methoxy groups -OCH3 is 1. The second kappa shape index (κ2) is 10.9. The molecule has 1 aromatic rings. The lowest BCUT2D eigenvalue weighted by atomic mass is 9.83. The van der Waals surface area contributed by atoms with Crippen molar-refractivity contribution in [2.24, 2.45) is 29.1 Å². The summed E-state index contributed by atoms with van der Waals surface area (Å²) in [6.45, 7) is 6.74. The van der Waals surface area contributed by atoms with Crippen molar-refractivity contribution < 1.29 is 33.4 Å². The molecular formula is C28H39FN2O6. The number of aliphatic carboxylic acids is 1. The van der Waals surface area contributed by atoms with Gasteiger partial charge in [0.25, 0.3) is 5.91 Å². The van der Waals surface area contributed by atoms with Gasteiger partial charge in [0, 0.05) is 18.7 Å². The van der Waals surface area contributed by atoms with Crippen molar-refractivity contribution in [3.05, 3.63) is 23.5 Å². The quantitative estimate of drug-likeness (QED) is 0.476. The number of hydrogen-bond donors (Lipinski definition) is 3. The van der Waals surface area contributed by atoms with Crippen LogP contribution in [-0.2, 0) is 9.59 Å². The van der Waals surface area contributed by atoms with Crippen LogP contribution in [0.25, 0.3) is 0 Å². The minimum Gasteiger partial charge on any atom is -0.496 e. The summed E-state index contributed by atoms with van der Waals surface area (Å²) in [6, 6.07) is 2.20. The fourth-order valence-corrected chi connectivity index (χ4v) is 6.15. The van der Waals surface area contributed by atoms with E-state index in [4.69, 9.17) is 9.47 Å². The highest BCUT2D eigenvalue weighted by molar-refractivity contribution is 5.98. The zero-order valence-electron chi connectivity index (χ0n) is 22.1. The van der Waals surface area contributed by atoms with Crippen molar-refractivity contribution in [1.82, 2.24) is 10.6 Å². The highest BCUT2D eigenvalue weighted by Crippen LogP contribution is 2.49. The summed E-state index contributed by atoms with van der Waals surface area (Å²) in [7, 11) is 1.37. The predicted octanol–water partition coefficient (Wildman–Crippen LogP) is 4.16. The molecule has 4 rings (SSSR count). The summed E-state index contributed by atoms with van der Waals surface area (Å²) in [4.78, 5) is 37.8. The molecular weight excluding hydrogens is 479 g/mol. The van der Waals surface area contributed by atoms with Crippen LogP contribution in [0.15, 0.2) is 12.1 Å². The zero-order valence-corrected chi connectivity index (χ0v) is 22.1. The van der Waals surface area contributed by atoms with Crippen LogP contribution in [0.2, 0.25) is 0 Å². The van der Waals surface area contributed by atoms with E-state index in [0.717, 1.165) is 25.3 Å². The molecule has 2 amide bonds. The number of carbonyl (C=O) groups excluding carboxylic acids is 2. The number of rotatable bonds is 8. The van der Waals surface area contributed by atoms with Crippen LogP contribution in [0.3, 0.4) is 0 Å². The van der Waals surface area contributed by atoms with Crippen LogP contribution in [0.4, 0.5) is 4.39 Å². The number of ether oxygens (including phenoxy) is 2. The number of halogens is 1. The minimum absolute atomic E-state index is 0.0283. The SMILES string of the molecule is COc1cc(F)c(OC2CCC(C(=O)O)CC2)cc1C(=O)N[C@@H]1[C@H]2CC[C@H](C2)[C@@H]1C(=O)NCC(C)(C)C.